The van der Waals surface area contributed by atoms with Crippen molar-refractivity contribution in [2.75, 3.05) is 11.4 Å². The van der Waals surface area contributed by atoms with E-state index >= 15 is 0 Å². The van der Waals surface area contributed by atoms with Crippen molar-refractivity contribution < 1.29 is 0 Å². The van der Waals surface area contributed by atoms with Crippen LogP contribution in [0.15, 0.2) is 77.8 Å². The lowest BCUT2D eigenvalue weighted by molar-refractivity contribution is 0.379. The van der Waals surface area contributed by atoms with Gasteiger partial charge in [0.25, 0.3) is 0 Å². The maximum atomic E-state index is 5.22. The molecule has 1 unspecified atom stereocenters. The number of anilines is 1. The number of hydrogen-bond donors (Lipinski definition) is 0. The Morgan fingerprint density at radius 1 is 0.846 bits per heavy atom. The molecule has 2 aliphatic rings. The second-order valence-electron chi connectivity index (χ2n) is 7.38. The summed E-state index contributed by atoms with van der Waals surface area (Å²) < 4.78 is 0. The maximum Gasteiger partial charge on any atom is 0.110 e. The van der Waals surface area contributed by atoms with Crippen molar-refractivity contribution in [3.63, 3.8) is 0 Å². The van der Waals surface area contributed by atoms with Gasteiger partial charge >= 0.3 is 0 Å². The SMILES string of the molecule is Cc1cc2c(cc1C)N1CCC1(c1ccccc1)C(c1ccccc1)=N2. The smallest absolute Gasteiger partial charge is 0.110 e. The summed E-state index contributed by atoms with van der Waals surface area (Å²) in [5.74, 6) is 0. The topological polar surface area (TPSA) is 15.6 Å². The maximum absolute atomic E-state index is 5.22. The minimum Gasteiger partial charge on any atom is -0.354 e. The quantitative estimate of drug-likeness (QED) is 0.599. The largest absolute Gasteiger partial charge is 0.354 e. The van der Waals surface area contributed by atoms with Crippen LogP contribution in [0, 0.1) is 13.8 Å². The first-order valence-corrected chi connectivity index (χ1v) is 9.29. The van der Waals surface area contributed by atoms with Gasteiger partial charge in [-0.1, -0.05) is 60.7 Å². The number of hydrogen-bond acceptors (Lipinski definition) is 2. The Balaban J connectivity index is 1.80. The van der Waals surface area contributed by atoms with E-state index in [-0.39, 0.29) is 5.54 Å². The number of aryl methyl sites for hydroxylation is 2. The molecular formula is C24H22N2. The summed E-state index contributed by atoms with van der Waals surface area (Å²) in [4.78, 5) is 7.78. The van der Waals surface area contributed by atoms with Crippen LogP contribution in [0.4, 0.5) is 11.4 Å². The van der Waals surface area contributed by atoms with Gasteiger partial charge in [0.15, 0.2) is 0 Å². The van der Waals surface area contributed by atoms with E-state index in [4.69, 9.17) is 4.99 Å². The Morgan fingerprint density at radius 3 is 2.15 bits per heavy atom. The van der Waals surface area contributed by atoms with E-state index in [9.17, 15) is 0 Å². The van der Waals surface area contributed by atoms with Crippen LogP contribution >= 0.6 is 0 Å². The normalized spacial score (nSPS) is 20.7. The molecule has 26 heavy (non-hydrogen) atoms. The lowest BCUT2D eigenvalue weighted by atomic mass is 9.70. The van der Waals surface area contributed by atoms with Gasteiger partial charge in [0.05, 0.1) is 17.1 Å². The number of rotatable bonds is 2. The van der Waals surface area contributed by atoms with E-state index < -0.39 is 0 Å². The van der Waals surface area contributed by atoms with E-state index in [1.807, 2.05) is 0 Å². The zero-order valence-corrected chi connectivity index (χ0v) is 15.2. The van der Waals surface area contributed by atoms with Gasteiger partial charge in [0.1, 0.15) is 5.54 Å². The predicted molar refractivity (Wildman–Crippen MR) is 109 cm³/mol. The molecule has 0 bridgehead atoms. The third kappa shape index (κ3) is 2.02. The van der Waals surface area contributed by atoms with E-state index in [0.717, 1.165) is 18.7 Å². The Bertz CT molecular complexity index is 1010. The first-order valence-electron chi connectivity index (χ1n) is 9.29. The van der Waals surface area contributed by atoms with Gasteiger partial charge in [-0.05, 0) is 54.7 Å². The highest BCUT2D eigenvalue weighted by Crippen LogP contribution is 2.53. The molecule has 5 rings (SSSR count). The molecule has 2 aliphatic heterocycles. The van der Waals surface area contributed by atoms with Gasteiger partial charge in [-0.25, -0.2) is 4.99 Å². The monoisotopic (exact) mass is 338 g/mol. The van der Waals surface area contributed by atoms with Crippen molar-refractivity contribution in [2.45, 2.75) is 25.8 Å². The number of benzene rings is 3. The summed E-state index contributed by atoms with van der Waals surface area (Å²) in [5.41, 5.74) is 8.55. The standard InChI is InChI=1S/C24H22N2/c1-17-15-21-22(16-18(17)2)26-14-13-24(26,20-11-7-4-8-12-20)23(25-21)19-9-5-3-6-10-19/h3-12,15-16H,13-14H2,1-2H3. The van der Waals surface area contributed by atoms with Crippen LogP contribution in [0.2, 0.25) is 0 Å². The van der Waals surface area contributed by atoms with E-state index in [1.54, 1.807) is 0 Å². The molecule has 0 amide bonds. The van der Waals surface area contributed by atoms with Crippen LogP contribution in [0.3, 0.4) is 0 Å². The predicted octanol–water partition coefficient (Wildman–Crippen LogP) is 5.54. The van der Waals surface area contributed by atoms with Crippen molar-refractivity contribution in [1.82, 2.24) is 0 Å². The lowest BCUT2D eigenvalue weighted by Crippen LogP contribution is -2.63. The van der Waals surface area contributed by atoms with Crippen LogP contribution in [-0.2, 0) is 5.54 Å². The van der Waals surface area contributed by atoms with Crippen molar-refractivity contribution in [2.24, 2.45) is 4.99 Å². The summed E-state index contributed by atoms with van der Waals surface area (Å²) in [7, 11) is 0. The molecule has 128 valence electrons. The Labute approximate surface area is 154 Å². The molecule has 0 saturated carbocycles. The highest BCUT2D eigenvalue weighted by molar-refractivity contribution is 6.14. The van der Waals surface area contributed by atoms with Crippen LogP contribution < -0.4 is 4.90 Å². The minimum atomic E-state index is -0.155. The molecule has 2 heteroatoms. The highest BCUT2D eigenvalue weighted by atomic mass is 15.3. The molecule has 1 fully saturated rings. The van der Waals surface area contributed by atoms with E-state index in [0.29, 0.717) is 0 Å². The van der Waals surface area contributed by atoms with Crippen molar-refractivity contribution >= 4 is 17.1 Å². The average molecular weight is 338 g/mol. The molecule has 2 heterocycles. The molecule has 0 N–H and O–H groups in total. The zero-order valence-electron chi connectivity index (χ0n) is 15.2. The Kier molecular flexibility index (Phi) is 3.30. The number of nitrogens with zero attached hydrogens (tertiary/aromatic N) is 2. The van der Waals surface area contributed by atoms with Crippen molar-refractivity contribution in [3.8, 4) is 0 Å². The van der Waals surface area contributed by atoms with Crippen LogP contribution in [0.25, 0.3) is 0 Å². The summed E-state index contributed by atoms with van der Waals surface area (Å²) in [6.45, 7) is 5.43. The fraction of sp³-hybridized carbons (Fsp3) is 0.208. The van der Waals surface area contributed by atoms with Crippen LogP contribution in [-0.4, -0.2) is 12.3 Å². The second kappa shape index (κ2) is 5.57. The van der Waals surface area contributed by atoms with Gasteiger partial charge in [-0.2, -0.15) is 0 Å². The molecule has 0 radical (unpaired) electrons. The zero-order chi connectivity index (χ0) is 17.7. The first kappa shape index (κ1) is 15.4. The fourth-order valence-corrected chi connectivity index (χ4v) is 4.37. The van der Waals surface area contributed by atoms with Gasteiger partial charge in [0.2, 0.25) is 0 Å². The summed E-state index contributed by atoms with van der Waals surface area (Å²) >= 11 is 0. The molecule has 2 nitrogen and oxygen atoms in total. The molecular weight excluding hydrogens is 316 g/mol. The molecule has 3 aromatic carbocycles. The molecule has 3 aromatic rings. The first-order chi connectivity index (χ1) is 12.7. The Morgan fingerprint density at radius 2 is 1.50 bits per heavy atom. The second-order valence-corrected chi connectivity index (χ2v) is 7.38. The molecule has 1 atom stereocenters. The van der Waals surface area contributed by atoms with Gasteiger partial charge < -0.3 is 4.90 Å². The summed E-state index contributed by atoms with van der Waals surface area (Å²) in [6, 6.07) is 26.1. The van der Waals surface area contributed by atoms with E-state index in [1.165, 1.54) is 33.7 Å². The minimum absolute atomic E-state index is 0.155. The third-order valence-electron chi connectivity index (χ3n) is 5.96. The van der Waals surface area contributed by atoms with Gasteiger partial charge in [0, 0.05) is 6.54 Å². The molecule has 1 saturated heterocycles. The lowest BCUT2D eigenvalue weighted by Gasteiger charge is -2.57. The fourth-order valence-electron chi connectivity index (χ4n) is 4.37. The van der Waals surface area contributed by atoms with Crippen LogP contribution in [0.5, 0.6) is 0 Å². The van der Waals surface area contributed by atoms with Crippen molar-refractivity contribution in [3.05, 3.63) is 95.1 Å². The van der Waals surface area contributed by atoms with Crippen molar-refractivity contribution in [1.29, 1.82) is 0 Å². The Hall–Kier alpha value is -2.87. The van der Waals surface area contributed by atoms with Crippen LogP contribution in [0.1, 0.15) is 28.7 Å². The van der Waals surface area contributed by atoms with Gasteiger partial charge in [-0.3, -0.25) is 0 Å². The number of aliphatic imine (C=N–C) groups is 1. The summed E-state index contributed by atoms with van der Waals surface area (Å²) in [5, 5.41) is 0. The summed E-state index contributed by atoms with van der Waals surface area (Å²) in [6.07, 6.45) is 1.09. The van der Waals surface area contributed by atoms with E-state index in [2.05, 4.69) is 91.5 Å². The molecule has 0 aliphatic carbocycles. The van der Waals surface area contributed by atoms with Gasteiger partial charge in [-0.15, -0.1) is 0 Å². The highest BCUT2D eigenvalue weighted by Gasteiger charge is 2.53. The average Bonchev–Trinajstić information content (AvgIpc) is 2.65. The molecule has 0 aromatic heterocycles. The third-order valence-corrected chi connectivity index (χ3v) is 5.96. The molecule has 0 spiro atoms. The number of fused-ring (bicyclic) bond motifs is 3.